The van der Waals surface area contributed by atoms with Crippen LogP contribution in [0.4, 0.5) is 0 Å². The van der Waals surface area contributed by atoms with E-state index in [9.17, 15) is 0 Å². The third-order valence-corrected chi connectivity index (χ3v) is 3.67. The van der Waals surface area contributed by atoms with Gasteiger partial charge in [-0.3, -0.25) is 0 Å². The summed E-state index contributed by atoms with van der Waals surface area (Å²) >= 11 is 5.93. The third-order valence-electron chi connectivity index (χ3n) is 3.32. The molecule has 1 heterocycles. The summed E-state index contributed by atoms with van der Waals surface area (Å²) in [7, 11) is 1.94. The Bertz CT molecular complexity index is 395. The van der Waals surface area contributed by atoms with Gasteiger partial charge >= 0.3 is 0 Å². The van der Waals surface area contributed by atoms with Crippen LogP contribution in [0.5, 0.6) is 0 Å². The number of nitrogens with zero attached hydrogens (tertiary/aromatic N) is 2. The van der Waals surface area contributed by atoms with E-state index in [-0.39, 0.29) is 0 Å². The maximum atomic E-state index is 5.93. The average molecular weight is 254 g/mol. The second-order valence-corrected chi connectivity index (χ2v) is 4.98. The van der Waals surface area contributed by atoms with E-state index in [0.29, 0.717) is 5.15 Å². The number of imidazole rings is 1. The van der Waals surface area contributed by atoms with E-state index in [1.165, 1.54) is 25.7 Å². The molecule has 1 aliphatic carbocycles. The second-order valence-electron chi connectivity index (χ2n) is 4.59. The summed E-state index contributed by atoms with van der Waals surface area (Å²) in [5.74, 6) is 0.993. The number of hydrogen-bond acceptors (Lipinski definition) is 2. The molecule has 0 bridgehead atoms. The summed E-state index contributed by atoms with van der Waals surface area (Å²) in [4.78, 5) is 4.25. The Labute approximate surface area is 108 Å². The molecule has 0 aromatic carbocycles. The molecule has 0 aliphatic heterocycles. The van der Waals surface area contributed by atoms with Crippen LogP contribution < -0.4 is 5.32 Å². The van der Waals surface area contributed by atoms with Gasteiger partial charge in [-0.05, 0) is 38.6 Å². The second kappa shape index (κ2) is 6.22. The lowest BCUT2D eigenvalue weighted by atomic mass is 9.97. The molecule has 0 spiro atoms. The third kappa shape index (κ3) is 3.58. The fourth-order valence-electron chi connectivity index (χ4n) is 2.17. The topological polar surface area (TPSA) is 29.9 Å². The Morgan fingerprint density at radius 3 is 3.00 bits per heavy atom. The van der Waals surface area contributed by atoms with Crippen LogP contribution in [0.15, 0.2) is 17.8 Å². The molecule has 1 aromatic heterocycles. The highest BCUT2D eigenvalue weighted by Gasteiger charge is 2.05. The predicted molar refractivity (Wildman–Crippen MR) is 71.1 cm³/mol. The summed E-state index contributed by atoms with van der Waals surface area (Å²) in [5, 5.41) is 4.11. The summed E-state index contributed by atoms with van der Waals surface area (Å²) < 4.78 is 1.91. The Morgan fingerprint density at radius 1 is 1.47 bits per heavy atom. The zero-order chi connectivity index (χ0) is 12.1. The molecule has 0 saturated carbocycles. The zero-order valence-electron chi connectivity index (χ0n) is 10.4. The highest BCUT2D eigenvalue weighted by molar-refractivity contribution is 6.29. The Morgan fingerprint density at radius 2 is 2.35 bits per heavy atom. The number of nitrogens with one attached hydrogen (secondary N) is 1. The number of halogens is 1. The molecule has 17 heavy (non-hydrogen) atoms. The van der Waals surface area contributed by atoms with Crippen molar-refractivity contribution in [1.82, 2.24) is 14.9 Å². The van der Waals surface area contributed by atoms with Crippen molar-refractivity contribution in [2.75, 3.05) is 6.54 Å². The van der Waals surface area contributed by atoms with Gasteiger partial charge in [0.05, 0.1) is 12.7 Å². The fourth-order valence-corrected chi connectivity index (χ4v) is 2.32. The van der Waals surface area contributed by atoms with Crippen molar-refractivity contribution in [3.05, 3.63) is 28.8 Å². The monoisotopic (exact) mass is 253 g/mol. The van der Waals surface area contributed by atoms with Crippen LogP contribution in [0.3, 0.4) is 0 Å². The van der Waals surface area contributed by atoms with Gasteiger partial charge < -0.3 is 9.88 Å². The Hall–Kier alpha value is -0.800. The lowest BCUT2D eigenvalue weighted by molar-refractivity contribution is 0.610. The van der Waals surface area contributed by atoms with Crippen LogP contribution in [0.2, 0.25) is 5.15 Å². The lowest BCUT2D eigenvalue weighted by Gasteiger charge is -2.12. The number of rotatable bonds is 5. The van der Waals surface area contributed by atoms with E-state index in [1.807, 2.05) is 11.6 Å². The first kappa shape index (κ1) is 12.7. The minimum absolute atomic E-state index is 0.691. The van der Waals surface area contributed by atoms with E-state index in [2.05, 4.69) is 16.4 Å². The van der Waals surface area contributed by atoms with Crippen molar-refractivity contribution in [2.24, 2.45) is 7.05 Å². The lowest BCUT2D eigenvalue weighted by Crippen LogP contribution is -2.18. The van der Waals surface area contributed by atoms with Gasteiger partial charge in [-0.25, -0.2) is 4.98 Å². The molecular weight excluding hydrogens is 234 g/mol. The Kier molecular flexibility index (Phi) is 4.63. The van der Waals surface area contributed by atoms with Crippen LogP contribution in [0.25, 0.3) is 0 Å². The van der Waals surface area contributed by atoms with Gasteiger partial charge in [0.2, 0.25) is 0 Å². The van der Waals surface area contributed by atoms with Gasteiger partial charge in [-0.2, -0.15) is 0 Å². The zero-order valence-corrected chi connectivity index (χ0v) is 11.1. The molecule has 1 aromatic rings. The van der Waals surface area contributed by atoms with Crippen molar-refractivity contribution in [2.45, 2.75) is 38.6 Å². The first-order valence-electron chi connectivity index (χ1n) is 6.32. The molecule has 0 unspecified atom stereocenters. The van der Waals surface area contributed by atoms with Gasteiger partial charge in [-0.15, -0.1) is 0 Å². The highest BCUT2D eigenvalue weighted by atomic mass is 35.5. The molecule has 3 nitrogen and oxygen atoms in total. The molecule has 0 fully saturated rings. The summed E-state index contributed by atoms with van der Waals surface area (Å²) in [6.07, 6.45) is 10.5. The van der Waals surface area contributed by atoms with E-state index < -0.39 is 0 Å². The fraction of sp³-hybridized carbons (Fsp3) is 0.615. The van der Waals surface area contributed by atoms with Crippen molar-refractivity contribution in [3.63, 3.8) is 0 Å². The van der Waals surface area contributed by atoms with Crippen LogP contribution in [0, 0.1) is 0 Å². The highest BCUT2D eigenvalue weighted by Crippen LogP contribution is 2.19. The molecular formula is C13H20ClN3. The van der Waals surface area contributed by atoms with E-state index in [1.54, 1.807) is 11.8 Å². The molecule has 2 rings (SSSR count). The average Bonchev–Trinajstić information content (AvgIpc) is 2.67. The molecule has 1 N–H and O–H groups in total. The molecule has 0 radical (unpaired) electrons. The number of aromatic nitrogens is 2. The summed E-state index contributed by atoms with van der Waals surface area (Å²) in [6, 6.07) is 0. The summed E-state index contributed by atoms with van der Waals surface area (Å²) in [6.45, 7) is 1.81. The minimum atomic E-state index is 0.691. The molecule has 94 valence electrons. The standard InChI is InChI=1S/C13H20ClN3/c1-17-12(14)9-16-13(17)10-15-8-7-11-5-3-2-4-6-11/h5,9,15H,2-4,6-8,10H2,1H3. The van der Waals surface area contributed by atoms with Crippen LogP contribution in [0.1, 0.15) is 37.9 Å². The van der Waals surface area contributed by atoms with Gasteiger partial charge in [0.1, 0.15) is 11.0 Å². The van der Waals surface area contributed by atoms with Crippen LogP contribution in [-0.2, 0) is 13.6 Å². The molecule has 0 amide bonds. The van der Waals surface area contributed by atoms with Gasteiger partial charge in [0.25, 0.3) is 0 Å². The SMILES string of the molecule is Cn1c(Cl)cnc1CNCCC1=CCCCC1. The van der Waals surface area contributed by atoms with Gasteiger partial charge in [0, 0.05) is 7.05 Å². The van der Waals surface area contributed by atoms with E-state index in [4.69, 9.17) is 11.6 Å². The van der Waals surface area contributed by atoms with Crippen LogP contribution >= 0.6 is 11.6 Å². The van der Waals surface area contributed by atoms with Gasteiger partial charge in [0.15, 0.2) is 0 Å². The molecule has 1 aliphatic rings. The normalized spacial score (nSPS) is 16.0. The van der Waals surface area contributed by atoms with Crippen LogP contribution in [-0.4, -0.2) is 16.1 Å². The minimum Gasteiger partial charge on any atom is -0.321 e. The summed E-state index contributed by atoms with van der Waals surface area (Å²) in [5.41, 5.74) is 1.61. The quantitative estimate of drug-likeness (QED) is 0.646. The van der Waals surface area contributed by atoms with Gasteiger partial charge in [-0.1, -0.05) is 23.3 Å². The maximum Gasteiger partial charge on any atom is 0.128 e. The molecule has 0 saturated heterocycles. The van der Waals surface area contributed by atoms with Crippen molar-refractivity contribution in [1.29, 1.82) is 0 Å². The number of hydrogen-bond donors (Lipinski definition) is 1. The smallest absolute Gasteiger partial charge is 0.128 e. The van der Waals surface area contributed by atoms with E-state index >= 15 is 0 Å². The number of allylic oxidation sites excluding steroid dienone is 1. The maximum absolute atomic E-state index is 5.93. The first-order valence-corrected chi connectivity index (χ1v) is 6.70. The predicted octanol–water partition coefficient (Wildman–Crippen LogP) is 3.05. The van der Waals surface area contributed by atoms with Crippen molar-refractivity contribution < 1.29 is 0 Å². The van der Waals surface area contributed by atoms with Crippen molar-refractivity contribution >= 4 is 11.6 Å². The molecule has 4 heteroatoms. The van der Waals surface area contributed by atoms with Crippen molar-refractivity contribution in [3.8, 4) is 0 Å². The first-order chi connectivity index (χ1) is 8.27. The Balaban J connectivity index is 1.69. The van der Waals surface area contributed by atoms with E-state index in [0.717, 1.165) is 25.3 Å². The largest absolute Gasteiger partial charge is 0.321 e. The molecule has 0 atom stereocenters.